The molecular weight excluding hydrogens is 349 g/mol. The number of aromatic nitrogens is 2. The molecule has 0 aliphatic carbocycles. The van der Waals surface area contributed by atoms with E-state index in [2.05, 4.69) is 9.97 Å². The van der Waals surface area contributed by atoms with Gasteiger partial charge in [0.2, 0.25) is 5.91 Å². The van der Waals surface area contributed by atoms with Crippen LogP contribution in [0.5, 0.6) is 6.01 Å². The van der Waals surface area contributed by atoms with Gasteiger partial charge in [-0.2, -0.15) is 0 Å². The number of rotatable bonds is 4. The van der Waals surface area contributed by atoms with Gasteiger partial charge in [0.25, 0.3) is 0 Å². The van der Waals surface area contributed by atoms with E-state index in [-0.39, 0.29) is 18.0 Å². The van der Waals surface area contributed by atoms with Gasteiger partial charge in [0.05, 0.1) is 24.0 Å². The number of hydrogen-bond acceptors (Lipinski definition) is 4. The molecule has 1 fully saturated rings. The van der Waals surface area contributed by atoms with Crippen molar-refractivity contribution in [2.75, 3.05) is 13.1 Å². The van der Waals surface area contributed by atoms with Gasteiger partial charge in [-0.1, -0.05) is 35.3 Å². The monoisotopic (exact) mass is 363 g/mol. The van der Waals surface area contributed by atoms with Gasteiger partial charge in [-0.05, 0) is 23.8 Å². The van der Waals surface area contributed by atoms with E-state index in [1.165, 1.54) is 12.4 Å². The number of nitrogens with zero attached hydrogens (tertiary/aromatic N) is 3. The number of ether oxygens (including phenoxy) is 1. The van der Waals surface area contributed by atoms with Crippen LogP contribution < -0.4 is 4.74 Å². The van der Waals surface area contributed by atoms with Crippen molar-refractivity contribution in [1.29, 1.82) is 0 Å². The molecule has 0 bridgehead atoms. The molecule has 2 heterocycles. The highest BCUT2D eigenvalue weighted by atomic mass is 35.5. The molecule has 1 amide bonds. The average molecular weight is 364 g/mol. The predicted molar refractivity (Wildman–Crippen MR) is 93.1 cm³/mol. The predicted octanol–water partition coefficient (Wildman–Crippen LogP) is 3.48. The second kappa shape index (κ2) is 7.64. The molecule has 0 saturated carbocycles. The van der Waals surface area contributed by atoms with Crippen molar-refractivity contribution in [3.8, 4) is 6.01 Å². The third-order valence-corrected chi connectivity index (χ3v) is 4.06. The molecule has 1 atom stereocenters. The van der Waals surface area contributed by atoms with Crippen LogP contribution in [0.1, 0.15) is 12.0 Å². The highest BCUT2D eigenvalue weighted by molar-refractivity contribution is 6.30. The zero-order chi connectivity index (χ0) is 16.9. The van der Waals surface area contributed by atoms with Crippen LogP contribution in [0.3, 0.4) is 0 Å². The van der Waals surface area contributed by atoms with Gasteiger partial charge in [0.15, 0.2) is 0 Å². The Morgan fingerprint density at radius 3 is 2.58 bits per heavy atom. The van der Waals surface area contributed by atoms with Crippen LogP contribution in [0.2, 0.25) is 10.0 Å². The number of carbonyl (C=O) groups is 1. The van der Waals surface area contributed by atoms with Gasteiger partial charge >= 0.3 is 6.01 Å². The standard InChI is InChI=1S/C17H15Cl2N3O2/c18-13-4-1-12(2-5-13)3-6-16(23)22-8-7-15(11-22)24-17-20-9-14(19)10-21-17/h1-6,9-10,15H,7-8,11H2/b6-3+/t15-/m0/s1. The molecule has 1 aromatic carbocycles. The number of likely N-dealkylation sites (tertiary alicyclic amines) is 1. The lowest BCUT2D eigenvalue weighted by atomic mass is 10.2. The van der Waals surface area contributed by atoms with Gasteiger partial charge < -0.3 is 9.64 Å². The Morgan fingerprint density at radius 2 is 1.88 bits per heavy atom. The molecule has 1 saturated heterocycles. The summed E-state index contributed by atoms with van der Waals surface area (Å²) in [6.45, 7) is 1.15. The van der Waals surface area contributed by atoms with Crippen molar-refractivity contribution in [2.24, 2.45) is 0 Å². The normalized spacial score (nSPS) is 17.4. The summed E-state index contributed by atoms with van der Waals surface area (Å²) in [6, 6.07) is 7.57. The molecule has 2 aromatic rings. The van der Waals surface area contributed by atoms with Gasteiger partial charge in [-0.3, -0.25) is 4.79 Å². The summed E-state index contributed by atoms with van der Waals surface area (Å²) in [6.07, 6.45) is 6.93. The Bertz CT molecular complexity index is 733. The Labute approximate surface area is 149 Å². The quantitative estimate of drug-likeness (QED) is 0.780. The van der Waals surface area contributed by atoms with Crippen molar-refractivity contribution in [3.63, 3.8) is 0 Å². The number of amides is 1. The van der Waals surface area contributed by atoms with Crippen molar-refractivity contribution >= 4 is 35.2 Å². The second-order valence-corrected chi connectivity index (χ2v) is 6.25. The fourth-order valence-corrected chi connectivity index (χ4v) is 2.61. The molecule has 0 unspecified atom stereocenters. The molecule has 5 nitrogen and oxygen atoms in total. The molecule has 0 radical (unpaired) electrons. The van der Waals surface area contributed by atoms with Crippen LogP contribution in [0.25, 0.3) is 6.08 Å². The molecule has 3 rings (SSSR count). The zero-order valence-corrected chi connectivity index (χ0v) is 14.2. The molecule has 124 valence electrons. The maximum atomic E-state index is 12.2. The largest absolute Gasteiger partial charge is 0.458 e. The lowest BCUT2D eigenvalue weighted by Gasteiger charge is -2.14. The minimum Gasteiger partial charge on any atom is -0.458 e. The number of halogens is 2. The van der Waals surface area contributed by atoms with Crippen LogP contribution in [0.4, 0.5) is 0 Å². The first-order chi connectivity index (χ1) is 11.6. The third-order valence-electron chi connectivity index (χ3n) is 3.61. The highest BCUT2D eigenvalue weighted by Crippen LogP contribution is 2.17. The van der Waals surface area contributed by atoms with Crippen LogP contribution >= 0.6 is 23.2 Å². The molecule has 7 heteroatoms. The van der Waals surface area contributed by atoms with E-state index in [4.69, 9.17) is 27.9 Å². The summed E-state index contributed by atoms with van der Waals surface area (Å²) < 4.78 is 5.67. The lowest BCUT2D eigenvalue weighted by molar-refractivity contribution is -0.125. The summed E-state index contributed by atoms with van der Waals surface area (Å²) >= 11 is 11.6. The molecule has 0 N–H and O–H groups in total. The van der Waals surface area contributed by atoms with E-state index in [9.17, 15) is 4.79 Å². The Balaban J connectivity index is 1.53. The molecule has 24 heavy (non-hydrogen) atoms. The summed E-state index contributed by atoms with van der Waals surface area (Å²) in [4.78, 5) is 22.0. The zero-order valence-electron chi connectivity index (χ0n) is 12.7. The van der Waals surface area contributed by atoms with Crippen molar-refractivity contribution in [3.05, 3.63) is 58.3 Å². The van der Waals surface area contributed by atoms with Gasteiger partial charge in [0, 0.05) is 24.1 Å². The number of carbonyl (C=O) groups excluding carboxylic acids is 1. The van der Waals surface area contributed by atoms with Crippen molar-refractivity contribution in [1.82, 2.24) is 14.9 Å². The summed E-state index contributed by atoms with van der Waals surface area (Å²) in [5.41, 5.74) is 0.925. The highest BCUT2D eigenvalue weighted by Gasteiger charge is 2.27. The SMILES string of the molecule is O=C(/C=C/c1ccc(Cl)cc1)N1CC[C@H](Oc2ncc(Cl)cn2)C1. The van der Waals surface area contributed by atoms with Gasteiger partial charge in [-0.25, -0.2) is 9.97 Å². The second-order valence-electron chi connectivity index (χ2n) is 5.38. The first-order valence-electron chi connectivity index (χ1n) is 7.47. The van der Waals surface area contributed by atoms with E-state index in [0.717, 1.165) is 12.0 Å². The molecular formula is C17H15Cl2N3O2. The number of benzene rings is 1. The first kappa shape index (κ1) is 16.7. The summed E-state index contributed by atoms with van der Waals surface area (Å²) in [7, 11) is 0. The van der Waals surface area contributed by atoms with E-state index in [0.29, 0.717) is 23.1 Å². The Hall–Kier alpha value is -2.11. The third kappa shape index (κ3) is 4.46. The fourth-order valence-electron chi connectivity index (χ4n) is 2.38. The minimum absolute atomic E-state index is 0.0481. The van der Waals surface area contributed by atoms with E-state index in [1.54, 1.807) is 29.2 Å². The molecule has 1 aliphatic heterocycles. The Kier molecular flexibility index (Phi) is 5.33. The molecule has 0 spiro atoms. The first-order valence-corrected chi connectivity index (χ1v) is 8.22. The smallest absolute Gasteiger partial charge is 0.316 e. The maximum Gasteiger partial charge on any atom is 0.316 e. The van der Waals surface area contributed by atoms with Crippen molar-refractivity contribution in [2.45, 2.75) is 12.5 Å². The van der Waals surface area contributed by atoms with E-state index < -0.39 is 0 Å². The fraction of sp³-hybridized carbons (Fsp3) is 0.235. The topological polar surface area (TPSA) is 55.3 Å². The number of hydrogen-bond donors (Lipinski definition) is 0. The Morgan fingerprint density at radius 1 is 1.17 bits per heavy atom. The minimum atomic E-state index is -0.112. The summed E-state index contributed by atoms with van der Waals surface area (Å²) in [5.74, 6) is -0.0481. The lowest BCUT2D eigenvalue weighted by Crippen LogP contribution is -2.29. The maximum absolute atomic E-state index is 12.2. The van der Waals surface area contributed by atoms with Crippen LogP contribution in [-0.2, 0) is 4.79 Å². The van der Waals surface area contributed by atoms with E-state index >= 15 is 0 Å². The van der Waals surface area contributed by atoms with Crippen LogP contribution in [-0.4, -0.2) is 40.0 Å². The average Bonchev–Trinajstić information content (AvgIpc) is 3.05. The van der Waals surface area contributed by atoms with Crippen LogP contribution in [0.15, 0.2) is 42.7 Å². The summed E-state index contributed by atoms with van der Waals surface area (Å²) in [5, 5.41) is 1.13. The molecule has 1 aromatic heterocycles. The van der Waals surface area contributed by atoms with Gasteiger partial charge in [0.1, 0.15) is 6.10 Å². The van der Waals surface area contributed by atoms with Crippen molar-refractivity contribution < 1.29 is 9.53 Å². The van der Waals surface area contributed by atoms with Crippen LogP contribution in [0, 0.1) is 0 Å². The van der Waals surface area contributed by atoms with E-state index in [1.807, 2.05) is 12.1 Å². The van der Waals surface area contributed by atoms with Gasteiger partial charge in [-0.15, -0.1) is 0 Å². The molecule has 1 aliphatic rings.